The third-order valence-electron chi connectivity index (χ3n) is 6.31. The van der Waals surface area contributed by atoms with Crippen molar-refractivity contribution in [2.24, 2.45) is 0 Å². The molecule has 1 unspecified atom stereocenters. The van der Waals surface area contributed by atoms with Crippen molar-refractivity contribution in [1.82, 2.24) is 4.57 Å². The van der Waals surface area contributed by atoms with Gasteiger partial charge < -0.3 is 43.9 Å². The molecule has 9 nitrogen and oxygen atoms in total. The van der Waals surface area contributed by atoms with Crippen LogP contribution in [0.25, 0.3) is 0 Å². The quantitative estimate of drug-likeness (QED) is 0.483. The molecule has 0 bridgehead atoms. The monoisotopic (exact) mass is 449 g/mol. The summed E-state index contributed by atoms with van der Waals surface area (Å²) in [6, 6.07) is 7.92. The molecule has 1 aromatic heterocycles. The van der Waals surface area contributed by atoms with Gasteiger partial charge in [0.2, 0.25) is 6.29 Å². The summed E-state index contributed by atoms with van der Waals surface area (Å²) in [5.41, 5.74) is 2.97. The Balaban J connectivity index is 1.64. The lowest BCUT2D eigenvalue weighted by Crippen LogP contribution is -2.60. The molecule has 4 rings (SSSR count). The molecule has 3 heterocycles. The van der Waals surface area contributed by atoms with Crippen LogP contribution < -0.4 is 9.47 Å². The molecule has 2 aliphatic rings. The fourth-order valence-corrected chi connectivity index (χ4v) is 4.31. The van der Waals surface area contributed by atoms with Crippen molar-refractivity contribution >= 4 is 0 Å². The Bertz CT molecular complexity index is 890. The molecule has 1 aromatic carbocycles. The van der Waals surface area contributed by atoms with Gasteiger partial charge in [0.1, 0.15) is 35.9 Å². The topological polar surface area (TPSA) is 123 Å². The smallest absolute Gasteiger partial charge is 0.229 e. The van der Waals surface area contributed by atoms with Crippen molar-refractivity contribution in [2.45, 2.75) is 56.5 Å². The van der Waals surface area contributed by atoms with Gasteiger partial charge in [-0.2, -0.15) is 0 Å². The molecule has 2 aliphatic heterocycles. The SMILES string of the molecule is COc1ccc(Cc2c(O[C@@H]3O[C@H](CO)[C@@H](O)[C@H](O)[C@H]3O)cn(C3CCOC3)c2C)cc1. The summed E-state index contributed by atoms with van der Waals surface area (Å²) in [4.78, 5) is 0. The molecule has 6 atom stereocenters. The molecular formula is C23H31NO8. The molecule has 32 heavy (non-hydrogen) atoms. The van der Waals surface area contributed by atoms with Gasteiger partial charge in [-0.15, -0.1) is 0 Å². The van der Waals surface area contributed by atoms with Crippen LogP contribution in [0.15, 0.2) is 30.5 Å². The maximum atomic E-state index is 10.4. The molecule has 2 aromatic rings. The summed E-state index contributed by atoms with van der Waals surface area (Å²) in [5, 5.41) is 40.1. The first-order chi connectivity index (χ1) is 15.4. The van der Waals surface area contributed by atoms with Crippen LogP contribution in [-0.2, 0) is 15.9 Å². The second-order valence-electron chi connectivity index (χ2n) is 8.32. The average molecular weight is 450 g/mol. The molecule has 0 radical (unpaired) electrons. The summed E-state index contributed by atoms with van der Waals surface area (Å²) < 4.78 is 24.5. The van der Waals surface area contributed by atoms with Gasteiger partial charge in [0.25, 0.3) is 0 Å². The van der Waals surface area contributed by atoms with Crippen LogP contribution in [-0.4, -0.2) is 82.6 Å². The first kappa shape index (κ1) is 23.0. The second-order valence-corrected chi connectivity index (χ2v) is 8.32. The Morgan fingerprint density at radius 1 is 1.09 bits per heavy atom. The first-order valence-electron chi connectivity index (χ1n) is 10.8. The minimum Gasteiger partial charge on any atom is -0.497 e. The number of aromatic nitrogens is 1. The number of methoxy groups -OCH3 is 1. The standard InChI is InChI=1S/C23H31NO8/c1-13-17(9-14-3-5-16(29-2)6-4-14)18(10-24(13)15-7-8-30-12-15)31-23-22(28)21(27)20(26)19(11-25)32-23/h3-6,10,15,19-23,25-28H,7-9,11-12H2,1-2H3/t15?,19-,20-,21+,22-,23-/m1/s1. The Morgan fingerprint density at radius 2 is 1.84 bits per heavy atom. The van der Waals surface area contributed by atoms with Crippen molar-refractivity contribution in [3.63, 3.8) is 0 Å². The van der Waals surface area contributed by atoms with Gasteiger partial charge in [-0.3, -0.25) is 0 Å². The van der Waals surface area contributed by atoms with Gasteiger partial charge in [0.15, 0.2) is 0 Å². The molecule has 4 N–H and O–H groups in total. The molecule has 0 amide bonds. The van der Waals surface area contributed by atoms with Crippen molar-refractivity contribution in [3.05, 3.63) is 47.3 Å². The zero-order valence-electron chi connectivity index (χ0n) is 18.3. The van der Waals surface area contributed by atoms with Crippen LogP contribution in [0, 0.1) is 6.92 Å². The van der Waals surface area contributed by atoms with E-state index >= 15 is 0 Å². The predicted octanol–water partition coefficient (Wildman–Crippen LogP) is 0.536. The highest BCUT2D eigenvalue weighted by Gasteiger charge is 2.45. The third-order valence-corrected chi connectivity index (χ3v) is 6.31. The van der Waals surface area contributed by atoms with Crippen LogP contribution in [0.2, 0.25) is 0 Å². The van der Waals surface area contributed by atoms with Gasteiger partial charge in [-0.25, -0.2) is 0 Å². The number of aliphatic hydroxyl groups is 4. The van der Waals surface area contributed by atoms with E-state index in [-0.39, 0.29) is 6.04 Å². The van der Waals surface area contributed by atoms with Gasteiger partial charge in [0, 0.05) is 30.5 Å². The van der Waals surface area contributed by atoms with Gasteiger partial charge >= 0.3 is 0 Å². The molecular weight excluding hydrogens is 418 g/mol. The summed E-state index contributed by atoms with van der Waals surface area (Å²) >= 11 is 0. The van der Waals surface area contributed by atoms with Crippen molar-refractivity contribution < 1.29 is 39.4 Å². The Labute approximate surface area is 186 Å². The zero-order chi connectivity index (χ0) is 22.8. The third kappa shape index (κ3) is 4.50. The van der Waals surface area contributed by atoms with E-state index in [1.807, 2.05) is 37.4 Å². The number of ether oxygens (including phenoxy) is 4. The number of benzene rings is 1. The van der Waals surface area contributed by atoms with Crippen molar-refractivity contribution in [2.75, 3.05) is 26.9 Å². The Kier molecular flexibility index (Phi) is 7.04. The molecule has 0 saturated carbocycles. The summed E-state index contributed by atoms with van der Waals surface area (Å²) in [7, 11) is 1.62. The van der Waals surface area contributed by atoms with Crippen molar-refractivity contribution in [1.29, 1.82) is 0 Å². The van der Waals surface area contributed by atoms with E-state index in [1.54, 1.807) is 7.11 Å². The fourth-order valence-electron chi connectivity index (χ4n) is 4.31. The molecule has 0 aliphatic carbocycles. The Hall–Kier alpha value is -2.14. The minimum absolute atomic E-state index is 0.178. The van der Waals surface area contributed by atoms with E-state index in [1.165, 1.54) is 0 Å². The molecule has 9 heteroatoms. The van der Waals surface area contributed by atoms with E-state index in [9.17, 15) is 20.4 Å². The molecule has 0 spiro atoms. The Morgan fingerprint density at radius 3 is 2.47 bits per heavy atom. The van der Waals surface area contributed by atoms with Gasteiger partial charge in [-0.05, 0) is 31.0 Å². The largest absolute Gasteiger partial charge is 0.497 e. The lowest BCUT2D eigenvalue weighted by atomic mass is 9.99. The molecule has 2 fully saturated rings. The zero-order valence-corrected chi connectivity index (χ0v) is 18.3. The number of rotatable bonds is 7. The number of nitrogens with zero attached hydrogens (tertiary/aromatic N) is 1. The minimum atomic E-state index is -1.50. The lowest BCUT2D eigenvalue weighted by molar-refractivity contribution is -0.277. The van der Waals surface area contributed by atoms with Crippen LogP contribution in [0.5, 0.6) is 11.5 Å². The first-order valence-corrected chi connectivity index (χ1v) is 10.8. The number of hydrogen-bond acceptors (Lipinski definition) is 8. The summed E-state index contributed by atoms with van der Waals surface area (Å²) in [6.07, 6.45) is -3.35. The van der Waals surface area contributed by atoms with E-state index in [4.69, 9.17) is 18.9 Å². The maximum absolute atomic E-state index is 10.4. The average Bonchev–Trinajstić information content (AvgIpc) is 3.44. The number of hydrogen-bond donors (Lipinski definition) is 4. The van der Waals surface area contributed by atoms with E-state index in [0.717, 1.165) is 29.0 Å². The molecule has 2 saturated heterocycles. The second kappa shape index (κ2) is 9.78. The van der Waals surface area contributed by atoms with Crippen LogP contribution >= 0.6 is 0 Å². The molecule has 176 valence electrons. The van der Waals surface area contributed by atoms with Crippen LogP contribution in [0.3, 0.4) is 0 Å². The summed E-state index contributed by atoms with van der Waals surface area (Å²) in [6.45, 7) is 2.80. The van der Waals surface area contributed by atoms with Gasteiger partial charge in [-0.1, -0.05) is 12.1 Å². The maximum Gasteiger partial charge on any atom is 0.229 e. The normalized spacial score (nSPS) is 30.4. The van der Waals surface area contributed by atoms with Crippen LogP contribution in [0.1, 0.15) is 29.3 Å². The van der Waals surface area contributed by atoms with E-state index < -0.39 is 37.3 Å². The van der Waals surface area contributed by atoms with Gasteiger partial charge in [0.05, 0.1) is 26.4 Å². The number of aliphatic hydroxyl groups excluding tert-OH is 4. The highest BCUT2D eigenvalue weighted by Crippen LogP contribution is 2.35. The highest BCUT2D eigenvalue weighted by atomic mass is 16.7. The fraction of sp³-hybridized carbons (Fsp3) is 0.565. The van der Waals surface area contributed by atoms with E-state index in [0.29, 0.717) is 25.4 Å². The van der Waals surface area contributed by atoms with Crippen molar-refractivity contribution in [3.8, 4) is 11.5 Å². The van der Waals surface area contributed by atoms with Crippen LogP contribution in [0.4, 0.5) is 0 Å². The predicted molar refractivity (Wildman–Crippen MR) is 114 cm³/mol. The van der Waals surface area contributed by atoms with E-state index in [2.05, 4.69) is 4.57 Å². The summed E-state index contributed by atoms with van der Waals surface area (Å²) in [5.74, 6) is 1.28. The lowest BCUT2D eigenvalue weighted by Gasteiger charge is -2.39. The highest BCUT2D eigenvalue weighted by molar-refractivity contribution is 5.43.